The lowest BCUT2D eigenvalue weighted by Gasteiger charge is -2.18. The Morgan fingerprint density at radius 3 is 2.87 bits per heavy atom. The van der Waals surface area contributed by atoms with Crippen LogP contribution in [0.1, 0.15) is 49.9 Å². The molecule has 6 heteroatoms. The normalized spacial score (nSPS) is 16.2. The first-order valence-corrected chi connectivity index (χ1v) is 10.7. The van der Waals surface area contributed by atoms with Gasteiger partial charge in [0.1, 0.15) is 11.8 Å². The summed E-state index contributed by atoms with van der Waals surface area (Å²) in [6.07, 6.45) is 3.66. The molecule has 160 valence electrons. The second-order valence-corrected chi connectivity index (χ2v) is 8.23. The molecule has 1 aliphatic rings. The molecule has 0 radical (unpaired) electrons. The smallest absolute Gasteiger partial charge is 0.226 e. The van der Waals surface area contributed by atoms with E-state index >= 15 is 0 Å². The number of nitrogens with one attached hydrogen (secondary N) is 1. The molecule has 4 rings (SSSR count). The van der Waals surface area contributed by atoms with Gasteiger partial charge in [0, 0.05) is 23.2 Å². The van der Waals surface area contributed by atoms with Crippen LogP contribution < -0.4 is 10.1 Å². The third kappa shape index (κ3) is 4.34. The highest BCUT2D eigenvalue weighted by Gasteiger charge is 2.27. The molecule has 0 fully saturated rings. The number of aromatic nitrogens is 1. The van der Waals surface area contributed by atoms with E-state index in [0.29, 0.717) is 23.0 Å². The van der Waals surface area contributed by atoms with Crippen LogP contribution in [0.15, 0.2) is 47.0 Å². The largest absolute Gasteiger partial charge is 0.490 e. The van der Waals surface area contributed by atoms with Crippen molar-refractivity contribution in [2.75, 3.05) is 6.61 Å². The van der Waals surface area contributed by atoms with E-state index in [2.05, 4.69) is 28.5 Å². The maximum atomic E-state index is 9.49. The Labute approximate surface area is 182 Å². The number of aliphatic hydroxyl groups is 1. The molecular weight excluding hydrogens is 390 g/mol. The van der Waals surface area contributed by atoms with Crippen molar-refractivity contribution in [3.05, 3.63) is 59.3 Å². The number of nitriles is 1. The van der Waals surface area contributed by atoms with E-state index in [1.807, 2.05) is 32.9 Å². The average molecular weight is 418 g/mol. The maximum Gasteiger partial charge on any atom is 0.226 e. The quantitative estimate of drug-likeness (QED) is 0.583. The van der Waals surface area contributed by atoms with Crippen molar-refractivity contribution in [3.8, 4) is 34.6 Å². The number of nitrogens with zero attached hydrogens (tertiary/aromatic N) is 2. The van der Waals surface area contributed by atoms with Crippen LogP contribution >= 0.6 is 0 Å². The van der Waals surface area contributed by atoms with E-state index in [0.717, 1.165) is 24.0 Å². The van der Waals surface area contributed by atoms with Gasteiger partial charge in [0.05, 0.1) is 24.5 Å². The summed E-state index contributed by atoms with van der Waals surface area (Å²) < 4.78 is 11.8. The predicted octanol–water partition coefficient (Wildman–Crippen LogP) is 4.63. The SMILES string of the molecule is CC(C)Oc1ccc(-c2ncc(-c3cccc4c3CCC4N[C@H](C)CO)o2)cc1C#N. The Balaban J connectivity index is 1.63. The van der Waals surface area contributed by atoms with Gasteiger partial charge < -0.3 is 19.6 Å². The Bertz CT molecular complexity index is 1110. The number of fused-ring (bicyclic) bond motifs is 1. The fraction of sp³-hybridized carbons (Fsp3) is 0.360. The topological polar surface area (TPSA) is 91.3 Å². The molecule has 1 unspecified atom stereocenters. The van der Waals surface area contributed by atoms with Crippen molar-refractivity contribution in [1.82, 2.24) is 10.3 Å². The van der Waals surface area contributed by atoms with Crippen molar-refractivity contribution >= 4 is 0 Å². The number of hydrogen-bond donors (Lipinski definition) is 2. The highest BCUT2D eigenvalue weighted by atomic mass is 16.5. The Hall–Kier alpha value is -3.14. The van der Waals surface area contributed by atoms with Gasteiger partial charge in [0.25, 0.3) is 0 Å². The van der Waals surface area contributed by atoms with Gasteiger partial charge in [-0.15, -0.1) is 0 Å². The number of aliphatic hydroxyl groups excluding tert-OH is 1. The van der Waals surface area contributed by atoms with Gasteiger partial charge in [0.15, 0.2) is 5.76 Å². The number of oxazole rings is 1. The fourth-order valence-electron chi connectivity index (χ4n) is 4.09. The summed E-state index contributed by atoms with van der Waals surface area (Å²) in [6.45, 7) is 5.96. The molecule has 1 aliphatic carbocycles. The summed E-state index contributed by atoms with van der Waals surface area (Å²) in [4.78, 5) is 4.47. The first-order valence-electron chi connectivity index (χ1n) is 10.7. The standard InChI is InChI=1S/C25H27N3O3/c1-15(2)30-23-10-7-17(11-18(23)12-26)25-27-13-24(31-25)21-6-4-5-20-19(21)8-9-22(20)28-16(3)14-29/h4-7,10-11,13,15-16,22,28-29H,8-9,14H2,1-3H3/t16-,22?/m1/s1. The number of benzene rings is 2. The van der Waals surface area contributed by atoms with Crippen molar-refractivity contribution in [1.29, 1.82) is 5.26 Å². The molecule has 31 heavy (non-hydrogen) atoms. The zero-order valence-electron chi connectivity index (χ0n) is 18.1. The second kappa shape index (κ2) is 8.93. The Kier molecular flexibility index (Phi) is 6.08. The van der Waals surface area contributed by atoms with Gasteiger partial charge in [-0.25, -0.2) is 4.98 Å². The summed E-state index contributed by atoms with van der Waals surface area (Å²) in [6, 6.07) is 14.1. The molecule has 2 N–H and O–H groups in total. The van der Waals surface area contributed by atoms with Crippen LogP contribution in [0.5, 0.6) is 5.75 Å². The fourth-order valence-corrected chi connectivity index (χ4v) is 4.09. The molecule has 0 bridgehead atoms. The molecule has 0 spiro atoms. The summed E-state index contributed by atoms with van der Waals surface area (Å²) in [7, 11) is 0. The lowest BCUT2D eigenvalue weighted by molar-refractivity contribution is 0.240. The highest BCUT2D eigenvalue weighted by molar-refractivity contribution is 5.68. The molecule has 3 aromatic rings. The van der Waals surface area contributed by atoms with Crippen molar-refractivity contribution < 1.29 is 14.3 Å². The van der Waals surface area contributed by atoms with E-state index in [4.69, 9.17) is 9.15 Å². The minimum atomic E-state index is -0.00912. The molecule has 0 aliphatic heterocycles. The van der Waals surface area contributed by atoms with Crippen molar-refractivity contribution in [2.24, 2.45) is 0 Å². The molecule has 1 aromatic heterocycles. The Morgan fingerprint density at radius 2 is 2.13 bits per heavy atom. The lowest BCUT2D eigenvalue weighted by atomic mass is 10.0. The van der Waals surface area contributed by atoms with Crippen LogP contribution in [0.2, 0.25) is 0 Å². The molecule has 2 aromatic carbocycles. The van der Waals surface area contributed by atoms with Gasteiger partial charge in [-0.2, -0.15) is 5.26 Å². The highest BCUT2D eigenvalue weighted by Crippen LogP contribution is 2.39. The van der Waals surface area contributed by atoms with Crippen LogP contribution in [-0.4, -0.2) is 28.8 Å². The minimum absolute atomic E-state index is 0.00912. The molecular formula is C25H27N3O3. The van der Waals surface area contributed by atoms with E-state index < -0.39 is 0 Å². The van der Waals surface area contributed by atoms with E-state index in [1.54, 1.807) is 18.3 Å². The monoisotopic (exact) mass is 417 g/mol. The van der Waals surface area contributed by atoms with Gasteiger partial charge >= 0.3 is 0 Å². The van der Waals surface area contributed by atoms with Gasteiger partial charge in [-0.05, 0) is 62.9 Å². The molecule has 6 nitrogen and oxygen atoms in total. The van der Waals surface area contributed by atoms with Crippen LogP contribution in [0, 0.1) is 11.3 Å². The molecule has 1 heterocycles. The van der Waals surface area contributed by atoms with Crippen molar-refractivity contribution in [3.63, 3.8) is 0 Å². The predicted molar refractivity (Wildman–Crippen MR) is 119 cm³/mol. The number of ether oxygens (including phenoxy) is 1. The van der Waals surface area contributed by atoms with Crippen LogP contribution in [-0.2, 0) is 6.42 Å². The van der Waals surface area contributed by atoms with E-state index in [9.17, 15) is 10.4 Å². The van der Waals surface area contributed by atoms with E-state index in [-0.39, 0.29) is 24.8 Å². The van der Waals surface area contributed by atoms with Gasteiger partial charge in [0.2, 0.25) is 5.89 Å². The van der Waals surface area contributed by atoms with Crippen LogP contribution in [0.25, 0.3) is 22.8 Å². The summed E-state index contributed by atoms with van der Waals surface area (Å²) in [5.41, 5.74) is 4.74. The average Bonchev–Trinajstić information content (AvgIpc) is 3.41. The third-order valence-corrected chi connectivity index (χ3v) is 5.51. The zero-order valence-corrected chi connectivity index (χ0v) is 18.1. The number of rotatable bonds is 7. The van der Waals surface area contributed by atoms with Crippen LogP contribution in [0.4, 0.5) is 0 Å². The first kappa shape index (κ1) is 21.1. The van der Waals surface area contributed by atoms with E-state index in [1.165, 1.54) is 11.1 Å². The van der Waals surface area contributed by atoms with Crippen molar-refractivity contribution in [2.45, 2.75) is 51.8 Å². The summed E-state index contributed by atoms with van der Waals surface area (Å²) in [5, 5.41) is 22.4. The summed E-state index contributed by atoms with van der Waals surface area (Å²) in [5.74, 6) is 1.75. The second-order valence-electron chi connectivity index (χ2n) is 8.23. The zero-order chi connectivity index (χ0) is 22.0. The first-order chi connectivity index (χ1) is 15.0. The molecule has 0 amide bonds. The minimum Gasteiger partial charge on any atom is -0.490 e. The Morgan fingerprint density at radius 1 is 1.29 bits per heavy atom. The van der Waals surface area contributed by atoms with Gasteiger partial charge in [-0.1, -0.05) is 18.2 Å². The third-order valence-electron chi connectivity index (χ3n) is 5.51. The molecule has 0 saturated heterocycles. The lowest BCUT2D eigenvalue weighted by Crippen LogP contribution is -2.32. The summed E-state index contributed by atoms with van der Waals surface area (Å²) >= 11 is 0. The number of hydrogen-bond acceptors (Lipinski definition) is 6. The van der Waals surface area contributed by atoms with Gasteiger partial charge in [-0.3, -0.25) is 0 Å². The molecule has 2 atom stereocenters. The van der Waals surface area contributed by atoms with Crippen LogP contribution in [0.3, 0.4) is 0 Å². The maximum absolute atomic E-state index is 9.49. The molecule has 0 saturated carbocycles.